The number of rotatable bonds is 8. The van der Waals surface area contributed by atoms with Crippen molar-refractivity contribution in [2.75, 3.05) is 4.90 Å². The average Bonchev–Trinajstić information content (AvgIpc) is 3.91. The molecule has 63 heavy (non-hydrogen) atoms. The summed E-state index contributed by atoms with van der Waals surface area (Å²) in [5.41, 5.74) is 17.5. The Hall–Kier alpha value is -8.40. The molecule has 3 nitrogen and oxygen atoms in total. The monoisotopic (exact) mass is 804 g/mol. The molecule has 296 valence electrons. The molecule has 0 fully saturated rings. The highest BCUT2D eigenvalue weighted by molar-refractivity contribution is 6.11. The summed E-state index contributed by atoms with van der Waals surface area (Å²) >= 11 is 0. The third kappa shape index (κ3) is 6.29. The fraction of sp³-hybridized carbons (Fsp3) is 0. The van der Waals surface area contributed by atoms with E-state index in [4.69, 9.17) is 4.42 Å². The Bertz CT molecular complexity index is 3580. The lowest BCUT2D eigenvalue weighted by Crippen LogP contribution is -2.11. The van der Waals surface area contributed by atoms with Crippen molar-refractivity contribution in [3.05, 3.63) is 243 Å². The highest BCUT2D eigenvalue weighted by Gasteiger charge is 2.22. The van der Waals surface area contributed by atoms with Gasteiger partial charge in [0.05, 0.1) is 22.4 Å². The molecule has 0 unspecified atom stereocenters. The van der Waals surface area contributed by atoms with Crippen molar-refractivity contribution < 1.29 is 4.42 Å². The Morgan fingerprint density at radius 2 is 0.810 bits per heavy atom. The van der Waals surface area contributed by atoms with Gasteiger partial charge >= 0.3 is 0 Å². The van der Waals surface area contributed by atoms with Gasteiger partial charge in [-0.05, 0) is 82.4 Å². The SMILES string of the molecule is c1ccc(-c2ccc(-c3cccc(N(c4cccc(-c5ccccc5-n5c6ccccc6c6ccccc65)c4)c4ccccc4-c4cccc5c4oc4ccccc45)c3)cc2)cc1. The van der Waals surface area contributed by atoms with Gasteiger partial charge in [0.25, 0.3) is 0 Å². The Morgan fingerprint density at radius 3 is 1.56 bits per heavy atom. The molecule has 2 heterocycles. The molecule has 0 spiro atoms. The van der Waals surface area contributed by atoms with Crippen LogP contribution in [0.15, 0.2) is 247 Å². The number of nitrogens with zero attached hydrogens (tertiary/aromatic N) is 2. The molecule has 0 aliphatic carbocycles. The van der Waals surface area contributed by atoms with Crippen molar-refractivity contribution >= 4 is 60.8 Å². The molecular formula is C60H40N2O. The van der Waals surface area contributed by atoms with E-state index in [1.807, 2.05) is 6.07 Å². The number of hydrogen-bond donors (Lipinski definition) is 0. The van der Waals surface area contributed by atoms with Crippen LogP contribution in [0.5, 0.6) is 0 Å². The topological polar surface area (TPSA) is 21.3 Å². The number of furan rings is 1. The summed E-state index contributed by atoms with van der Waals surface area (Å²) in [7, 11) is 0. The van der Waals surface area contributed by atoms with Crippen molar-refractivity contribution in [2.45, 2.75) is 0 Å². The van der Waals surface area contributed by atoms with Gasteiger partial charge in [0.1, 0.15) is 11.2 Å². The largest absolute Gasteiger partial charge is 0.455 e. The maximum absolute atomic E-state index is 6.67. The standard InChI is InChI=1S/C60H40N2O/c1-2-17-41(18-3-1)42-35-37-43(38-36-42)44-19-14-21-46(39-44)61(56-31-10-7-26-51(56)53-28-16-29-54-52-27-8-13-34-59(52)63-60(53)54)47-22-15-20-45(40-47)48-23-4-9-30-55(48)62-57-32-11-5-24-49(57)50-25-6-12-33-58(50)62/h1-40H. The van der Waals surface area contributed by atoms with E-state index in [2.05, 4.69) is 246 Å². The first-order chi connectivity index (χ1) is 31.3. The number of benzene rings is 10. The molecule has 0 aliphatic rings. The predicted octanol–water partition coefficient (Wildman–Crippen LogP) is 16.8. The average molecular weight is 805 g/mol. The highest BCUT2D eigenvalue weighted by atomic mass is 16.3. The summed E-state index contributed by atoms with van der Waals surface area (Å²) in [6.45, 7) is 0. The summed E-state index contributed by atoms with van der Waals surface area (Å²) in [6, 6.07) is 87.1. The van der Waals surface area contributed by atoms with Crippen LogP contribution in [-0.2, 0) is 0 Å². The highest BCUT2D eigenvalue weighted by Crippen LogP contribution is 2.46. The van der Waals surface area contributed by atoms with E-state index in [1.54, 1.807) is 0 Å². The number of aromatic nitrogens is 1. The molecule has 12 aromatic rings. The fourth-order valence-corrected chi connectivity index (χ4v) is 9.50. The zero-order valence-corrected chi connectivity index (χ0v) is 34.4. The van der Waals surface area contributed by atoms with Gasteiger partial charge in [-0.2, -0.15) is 0 Å². The quantitative estimate of drug-likeness (QED) is 0.153. The first kappa shape index (κ1) is 36.5. The Labute approximate surface area is 366 Å². The van der Waals surface area contributed by atoms with Crippen molar-refractivity contribution in [1.29, 1.82) is 0 Å². The summed E-state index contributed by atoms with van der Waals surface area (Å²) < 4.78 is 9.09. The molecule has 0 bridgehead atoms. The predicted molar refractivity (Wildman–Crippen MR) is 264 cm³/mol. The van der Waals surface area contributed by atoms with Gasteiger partial charge in [0.15, 0.2) is 0 Å². The Morgan fingerprint density at radius 1 is 0.317 bits per heavy atom. The molecular weight excluding hydrogens is 765 g/mol. The molecule has 0 N–H and O–H groups in total. The maximum atomic E-state index is 6.67. The lowest BCUT2D eigenvalue weighted by Gasteiger charge is -2.29. The minimum absolute atomic E-state index is 0.882. The van der Waals surface area contributed by atoms with Gasteiger partial charge in [-0.15, -0.1) is 0 Å². The van der Waals surface area contributed by atoms with Crippen LogP contribution >= 0.6 is 0 Å². The first-order valence-electron chi connectivity index (χ1n) is 21.5. The minimum Gasteiger partial charge on any atom is -0.455 e. The van der Waals surface area contributed by atoms with E-state index < -0.39 is 0 Å². The smallest absolute Gasteiger partial charge is 0.143 e. The normalized spacial score (nSPS) is 11.5. The fourth-order valence-electron chi connectivity index (χ4n) is 9.50. The van der Waals surface area contributed by atoms with Crippen molar-refractivity contribution in [2.24, 2.45) is 0 Å². The van der Waals surface area contributed by atoms with Crippen molar-refractivity contribution in [1.82, 2.24) is 4.57 Å². The molecule has 0 amide bonds. The second-order valence-corrected chi connectivity index (χ2v) is 16.1. The van der Waals surface area contributed by atoms with Gasteiger partial charge in [0.2, 0.25) is 0 Å². The minimum atomic E-state index is 0.882. The van der Waals surface area contributed by atoms with Gasteiger partial charge in [-0.1, -0.05) is 188 Å². The molecule has 12 rings (SSSR count). The summed E-state index contributed by atoms with van der Waals surface area (Å²) in [5.74, 6) is 0. The first-order valence-corrected chi connectivity index (χ1v) is 21.5. The van der Waals surface area contributed by atoms with Gasteiger partial charge in [-0.3, -0.25) is 0 Å². The molecule has 10 aromatic carbocycles. The number of anilines is 3. The Kier molecular flexibility index (Phi) is 8.83. The van der Waals surface area contributed by atoms with Crippen LogP contribution < -0.4 is 4.90 Å². The second-order valence-electron chi connectivity index (χ2n) is 16.1. The van der Waals surface area contributed by atoms with E-state index in [9.17, 15) is 0 Å². The third-order valence-electron chi connectivity index (χ3n) is 12.4. The van der Waals surface area contributed by atoms with Crippen LogP contribution in [0.1, 0.15) is 0 Å². The van der Waals surface area contributed by atoms with Gasteiger partial charge in [-0.25, -0.2) is 0 Å². The lowest BCUT2D eigenvalue weighted by atomic mass is 9.97. The van der Waals surface area contributed by atoms with E-state index in [0.717, 1.165) is 78.1 Å². The molecule has 3 heteroatoms. The van der Waals surface area contributed by atoms with Crippen molar-refractivity contribution in [3.63, 3.8) is 0 Å². The number of hydrogen-bond acceptors (Lipinski definition) is 2. The molecule has 0 radical (unpaired) electrons. The van der Waals surface area contributed by atoms with Crippen LogP contribution in [0.25, 0.3) is 93.9 Å². The third-order valence-corrected chi connectivity index (χ3v) is 12.4. The van der Waals surface area contributed by atoms with Crippen molar-refractivity contribution in [3.8, 4) is 50.2 Å². The van der Waals surface area contributed by atoms with E-state index in [-0.39, 0.29) is 0 Å². The van der Waals surface area contributed by atoms with Crippen LogP contribution in [0, 0.1) is 0 Å². The Balaban J connectivity index is 1.05. The van der Waals surface area contributed by atoms with E-state index >= 15 is 0 Å². The van der Waals surface area contributed by atoms with Crippen LogP contribution in [-0.4, -0.2) is 4.57 Å². The van der Waals surface area contributed by atoms with Crippen LogP contribution in [0.3, 0.4) is 0 Å². The summed E-state index contributed by atoms with van der Waals surface area (Å²) in [5, 5.41) is 4.71. The second kappa shape index (κ2) is 15.3. The van der Waals surface area contributed by atoms with Gasteiger partial charge < -0.3 is 13.9 Å². The number of fused-ring (bicyclic) bond motifs is 6. The molecule has 0 saturated carbocycles. The summed E-state index contributed by atoms with van der Waals surface area (Å²) in [4.78, 5) is 2.41. The maximum Gasteiger partial charge on any atom is 0.143 e. The molecule has 0 aliphatic heterocycles. The molecule has 0 atom stereocenters. The molecule has 0 saturated heterocycles. The number of para-hydroxylation sites is 6. The van der Waals surface area contributed by atoms with E-state index in [0.29, 0.717) is 0 Å². The zero-order valence-electron chi connectivity index (χ0n) is 34.4. The van der Waals surface area contributed by atoms with Crippen LogP contribution in [0.4, 0.5) is 17.1 Å². The van der Waals surface area contributed by atoms with E-state index in [1.165, 1.54) is 32.9 Å². The lowest BCUT2D eigenvalue weighted by molar-refractivity contribution is 0.670. The zero-order chi connectivity index (χ0) is 41.7. The summed E-state index contributed by atoms with van der Waals surface area (Å²) in [6.07, 6.45) is 0. The van der Waals surface area contributed by atoms with Gasteiger partial charge in [0, 0.05) is 49.6 Å². The van der Waals surface area contributed by atoms with Crippen LogP contribution in [0.2, 0.25) is 0 Å². The molecule has 2 aromatic heterocycles.